The zero-order valence-corrected chi connectivity index (χ0v) is 12.6. The molecule has 0 bridgehead atoms. The van der Waals surface area contributed by atoms with Gasteiger partial charge in [-0.15, -0.1) is 0 Å². The molecule has 7 heteroatoms. The monoisotopic (exact) mass is 304 g/mol. The molecule has 0 atom stereocenters. The summed E-state index contributed by atoms with van der Waals surface area (Å²) in [4.78, 5) is 15.8. The van der Waals surface area contributed by atoms with Crippen LogP contribution in [0.1, 0.15) is 25.0 Å². The maximum Gasteiger partial charge on any atom is 0.305 e. The van der Waals surface area contributed by atoms with E-state index in [1.165, 1.54) is 7.11 Å². The van der Waals surface area contributed by atoms with E-state index in [9.17, 15) is 4.79 Å². The summed E-state index contributed by atoms with van der Waals surface area (Å²) in [5.41, 5.74) is 1.76. The van der Waals surface area contributed by atoms with Gasteiger partial charge in [-0.1, -0.05) is 0 Å². The van der Waals surface area contributed by atoms with E-state index in [0.717, 1.165) is 48.5 Å². The Labute approximate surface area is 128 Å². The fourth-order valence-corrected chi connectivity index (χ4v) is 2.68. The molecule has 22 heavy (non-hydrogen) atoms. The summed E-state index contributed by atoms with van der Waals surface area (Å²) >= 11 is 0. The van der Waals surface area contributed by atoms with E-state index in [2.05, 4.69) is 20.5 Å². The molecule has 118 valence electrons. The topological polar surface area (TPSA) is 89.1 Å². The molecule has 0 aliphatic carbocycles. The highest BCUT2D eigenvalue weighted by Crippen LogP contribution is 2.25. The van der Waals surface area contributed by atoms with Crippen molar-refractivity contribution in [3.8, 4) is 0 Å². The van der Waals surface area contributed by atoms with Crippen LogP contribution in [0.25, 0.3) is 10.9 Å². The van der Waals surface area contributed by atoms with Crippen molar-refractivity contribution in [3.05, 3.63) is 18.0 Å². The fourth-order valence-electron chi connectivity index (χ4n) is 2.68. The molecule has 2 aromatic rings. The van der Waals surface area contributed by atoms with Gasteiger partial charge in [0.15, 0.2) is 0 Å². The first kappa shape index (κ1) is 14.8. The number of methoxy groups -OCH3 is 1. The van der Waals surface area contributed by atoms with Crippen molar-refractivity contribution in [1.29, 1.82) is 0 Å². The largest absolute Gasteiger partial charge is 0.469 e. The summed E-state index contributed by atoms with van der Waals surface area (Å²) in [6, 6.07) is 2.22. The molecule has 2 aromatic heterocycles. The van der Waals surface area contributed by atoms with E-state index in [1.807, 2.05) is 6.07 Å². The molecule has 0 radical (unpaired) electrons. The van der Waals surface area contributed by atoms with E-state index in [0.29, 0.717) is 18.9 Å². The first-order valence-corrected chi connectivity index (χ1v) is 7.51. The minimum absolute atomic E-state index is 0.231. The smallest absolute Gasteiger partial charge is 0.305 e. The van der Waals surface area contributed by atoms with Crippen LogP contribution >= 0.6 is 0 Å². The van der Waals surface area contributed by atoms with Gasteiger partial charge in [0.2, 0.25) is 0 Å². The molecule has 0 unspecified atom stereocenters. The van der Waals surface area contributed by atoms with E-state index in [4.69, 9.17) is 9.47 Å². The molecule has 0 aromatic carbocycles. The van der Waals surface area contributed by atoms with Crippen LogP contribution in [0, 0.1) is 0 Å². The molecule has 1 aliphatic rings. The number of nitrogens with zero attached hydrogens (tertiary/aromatic N) is 2. The lowest BCUT2D eigenvalue weighted by molar-refractivity contribution is -0.140. The molecule has 1 aliphatic heterocycles. The van der Waals surface area contributed by atoms with Crippen molar-refractivity contribution < 1.29 is 14.3 Å². The second-order valence-corrected chi connectivity index (χ2v) is 5.36. The van der Waals surface area contributed by atoms with Crippen LogP contribution in [-0.2, 0) is 20.7 Å². The number of ether oxygens (including phenoxy) is 2. The summed E-state index contributed by atoms with van der Waals surface area (Å²) in [6.07, 6.45) is 4.55. The van der Waals surface area contributed by atoms with Gasteiger partial charge >= 0.3 is 5.97 Å². The van der Waals surface area contributed by atoms with E-state index < -0.39 is 0 Å². The van der Waals surface area contributed by atoms with Crippen LogP contribution in [0.2, 0.25) is 0 Å². The first-order valence-electron chi connectivity index (χ1n) is 7.51. The number of aromatic nitrogens is 3. The van der Waals surface area contributed by atoms with Crippen molar-refractivity contribution >= 4 is 22.7 Å². The van der Waals surface area contributed by atoms with Gasteiger partial charge in [0.25, 0.3) is 0 Å². The van der Waals surface area contributed by atoms with Crippen molar-refractivity contribution in [3.63, 3.8) is 0 Å². The molecular formula is C15H20N4O3. The first-order chi connectivity index (χ1) is 10.8. The van der Waals surface area contributed by atoms with Gasteiger partial charge in [-0.3, -0.25) is 9.89 Å². The maximum absolute atomic E-state index is 11.3. The van der Waals surface area contributed by atoms with Gasteiger partial charge in [0.05, 0.1) is 24.4 Å². The molecule has 1 saturated heterocycles. The van der Waals surface area contributed by atoms with Crippen LogP contribution in [0.5, 0.6) is 0 Å². The van der Waals surface area contributed by atoms with Crippen LogP contribution in [0.3, 0.4) is 0 Å². The van der Waals surface area contributed by atoms with Crippen LogP contribution in [0.4, 0.5) is 5.82 Å². The maximum atomic E-state index is 11.3. The number of pyridine rings is 1. The number of anilines is 1. The number of esters is 1. The highest BCUT2D eigenvalue weighted by Gasteiger charge is 2.18. The lowest BCUT2D eigenvalue weighted by Crippen LogP contribution is -2.28. The Balaban J connectivity index is 1.82. The molecule has 0 saturated carbocycles. The SMILES string of the molecule is COC(=O)CCc1[nH]nc2ccnc(NC3CCOCC3)c12. The third kappa shape index (κ3) is 3.19. The Kier molecular flexibility index (Phi) is 4.53. The summed E-state index contributed by atoms with van der Waals surface area (Å²) in [5, 5.41) is 11.7. The van der Waals surface area contributed by atoms with Gasteiger partial charge < -0.3 is 14.8 Å². The predicted molar refractivity (Wildman–Crippen MR) is 81.7 cm³/mol. The van der Waals surface area contributed by atoms with Crippen LogP contribution < -0.4 is 5.32 Å². The van der Waals surface area contributed by atoms with Crippen molar-refractivity contribution in [2.45, 2.75) is 31.7 Å². The molecule has 7 nitrogen and oxygen atoms in total. The van der Waals surface area contributed by atoms with Gasteiger partial charge in [-0.2, -0.15) is 5.10 Å². The van der Waals surface area contributed by atoms with Gasteiger partial charge in [0.1, 0.15) is 5.82 Å². The van der Waals surface area contributed by atoms with E-state index >= 15 is 0 Å². The number of hydrogen-bond acceptors (Lipinski definition) is 6. The summed E-state index contributed by atoms with van der Waals surface area (Å²) < 4.78 is 10.1. The molecule has 1 fully saturated rings. The molecule has 0 amide bonds. The lowest BCUT2D eigenvalue weighted by atomic mass is 10.1. The van der Waals surface area contributed by atoms with Crippen molar-refractivity contribution in [1.82, 2.24) is 15.2 Å². The highest BCUT2D eigenvalue weighted by atomic mass is 16.5. The number of carbonyl (C=O) groups excluding carboxylic acids is 1. The second-order valence-electron chi connectivity index (χ2n) is 5.36. The van der Waals surface area contributed by atoms with E-state index in [-0.39, 0.29) is 5.97 Å². The minimum atomic E-state index is -0.231. The number of hydrogen-bond donors (Lipinski definition) is 2. The summed E-state index contributed by atoms with van der Waals surface area (Å²) in [6.45, 7) is 1.54. The van der Waals surface area contributed by atoms with Crippen LogP contribution in [-0.4, -0.2) is 47.5 Å². The van der Waals surface area contributed by atoms with Crippen molar-refractivity contribution in [2.75, 3.05) is 25.6 Å². The minimum Gasteiger partial charge on any atom is -0.469 e. The predicted octanol–water partition coefficient (Wildman–Crippen LogP) is 1.65. The third-order valence-corrected chi connectivity index (χ3v) is 3.91. The molecule has 2 N–H and O–H groups in total. The number of fused-ring (bicyclic) bond motifs is 1. The number of aromatic amines is 1. The Bertz CT molecular complexity index is 649. The Morgan fingerprint density at radius 3 is 3.09 bits per heavy atom. The molecule has 3 rings (SSSR count). The normalized spacial score (nSPS) is 15.9. The zero-order chi connectivity index (χ0) is 15.4. The highest BCUT2D eigenvalue weighted by molar-refractivity contribution is 5.91. The molecule has 3 heterocycles. The number of carbonyl (C=O) groups is 1. The van der Waals surface area contributed by atoms with Crippen molar-refractivity contribution in [2.24, 2.45) is 0 Å². The Hall–Kier alpha value is -2.15. The lowest BCUT2D eigenvalue weighted by Gasteiger charge is -2.24. The number of aryl methyl sites for hydroxylation is 1. The van der Waals surface area contributed by atoms with Crippen LogP contribution in [0.15, 0.2) is 12.3 Å². The summed E-state index contributed by atoms with van der Waals surface area (Å²) in [5.74, 6) is 0.587. The number of rotatable bonds is 5. The Morgan fingerprint density at radius 2 is 2.32 bits per heavy atom. The summed E-state index contributed by atoms with van der Waals surface area (Å²) in [7, 11) is 1.40. The average molecular weight is 304 g/mol. The zero-order valence-electron chi connectivity index (χ0n) is 12.6. The third-order valence-electron chi connectivity index (χ3n) is 3.91. The fraction of sp³-hybridized carbons (Fsp3) is 0.533. The van der Waals surface area contributed by atoms with E-state index in [1.54, 1.807) is 6.20 Å². The standard InChI is InChI=1S/C15H20N4O3/c1-21-13(20)3-2-11-14-12(19-18-11)4-7-16-15(14)17-10-5-8-22-9-6-10/h4,7,10H,2-3,5-6,8-9H2,1H3,(H,16,17)(H,18,19). The van der Waals surface area contributed by atoms with Gasteiger partial charge in [-0.05, 0) is 18.9 Å². The van der Waals surface area contributed by atoms with Gasteiger partial charge in [0, 0.05) is 37.6 Å². The van der Waals surface area contributed by atoms with Gasteiger partial charge in [-0.25, -0.2) is 4.98 Å². The number of H-pyrrole nitrogens is 1. The second kappa shape index (κ2) is 6.74. The quantitative estimate of drug-likeness (QED) is 0.817. The molecule has 0 spiro atoms. The molecular weight excluding hydrogens is 284 g/mol. The average Bonchev–Trinajstić information content (AvgIpc) is 2.98. The number of nitrogens with one attached hydrogen (secondary N) is 2. The Morgan fingerprint density at radius 1 is 1.50 bits per heavy atom.